The second-order valence-corrected chi connectivity index (χ2v) is 5.24. The smallest absolute Gasteiger partial charge is 0.225 e. The number of hydrogen-bond donors (Lipinski definition) is 3. The molecule has 0 aliphatic rings. The van der Waals surface area contributed by atoms with Crippen LogP contribution in [-0.4, -0.2) is 36.1 Å². The largest absolute Gasteiger partial charge is 0.396 e. The number of aliphatic hydroxyl groups excluding tert-OH is 1. The highest BCUT2D eigenvalue weighted by atomic mass is 16.3. The number of carbonyl (C=O) groups excluding carboxylic acids is 2. The minimum absolute atomic E-state index is 0.0363. The van der Waals surface area contributed by atoms with Crippen LogP contribution in [0, 0.1) is 5.41 Å². The van der Waals surface area contributed by atoms with Crippen LogP contribution in [0.15, 0.2) is 0 Å². The summed E-state index contributed by atoms with van der Waals surface area (Å²) in [7, 11) is 0. The first-order valence-corrected chi connectivity index (χ1v) is 5.96. The molecule has 0 aliphatic heterocycles. The average molecular weight is 244 g/mol. The first-order chi connectivity index (χ1) is 7.77. The molecule has 2 amide bonds. The molecule has 0 saturated carbocycles. The highest BCUT2D eigenvalue weighted by Gasteiger charge is 2.20. The number of hydrogen-bond acceptors (Lipinski definition) is 3. The van der Waals surface area contributed by atoms with Crippen molar-refractivity contribution < 1.29 is 14.7 Å². The predicted octanol–water partition coefficient (Wildman–Crippen LogP) is 0.426. The molecule has 5 heteroatoms. The monoisotopic (exact) mass is 244 g/mol. The summed E-state index contributed by atoms with van der Waals surface area (Å²) < 4.78 is 0. The van der Waals surface area contributed by atoms with E-state index in [2.05, 4.69) is 10.6 Å². The molecule has 0 fully saturated rings. The topological polar surface area (TPSA) is 78.4 Å². The van der Waals surface area contributed by atoms with Crippen molar-refractivity contribution in [1.29, 1.82) is 0 Å². The summed E-state index contributed by atoms with van der Waals surface area (Å²) in [6.07, 6.45) is 0.803. The van der Waals surface area contributed by atoms with Crippen LogP contribution in [0.1, 0.15) is 40.5 Å². The summed E-state index contributed by atoms with van der Waals surface area (Å²) in [5.41, 5.74) is -0.430. The van der Waals surface area contributed by atoms with Gasteiger partial charge in [0.1, 0.15) is 0 Å². The second kappa shape index (κ2) is 7.27. The van der Waals surface area contributed by atoms with E-state index >= 15 is 0 Å². The predicted molar refractivity (Wildman–Crippen MR) is 66.4 cm³/mol. The molecular formula is C12H24N2O3. The van der Waals surface area contributed by atoms with Crippen molar-refractivity contribution in [1.82, 2.24) is 10.6 Å². The van der Waals surface area contributed by atoms with E-state index in [0.29, 0.717) is 13.0 Å². The maximum atomic E-state index is 11.5. The van der Waals surface area contributed by atoms with Gasteiger partial charge in [-0.3, -0.25) is 9.59 Å². The molecule has 1 unspecified atom stereocenters. The average Bonchev–Trinajstić information content (AvgIpc) is 2.16. The van der Waals surface area contributed by atoms with Crippen LogP contribution < -0.4 is 10.6 Å². The third kappa shape index (κ3) is 7.74. The van der Waals surface area contributed by atoms with Crippen molar-refractivity contribution >= 4 is 11.8 Å². The van der Waals surface area contributed by atoms with E-state index in [4.69, 9.17) is 5.11 Å². The van der Waals surface area contributed by atoms with E-state index in [1.807, 2.05) is 27.7 Å². The van der Waals surface area contributed by atoms with Crippen LogP contribution in [0.5, 0.6) is 0 Å². The number of carbonyl (C=O) groups is 2. The van der Waals surface area contributed by atoms with Crippen molar-refractivity contribution in [3.8, 4) is 0 Å². The van der Waals surface area contributed by atoms with Crippen LogP contribution in [0.25, 0.3) is 0 Å². The van der Waals surface area contributed by atoms with Gasteiger partial charge >= 0.3 is 0 Å². The third-order valence-electron chi connectivity index (χ3n) is 2.29. The number of rotatable bonds is 6. The summed E-state index contributed by atoms with van der Waals surface area (Å²) in [5.74, 6) is -0.172. The van der Waals surface area contributed by atoms with E-state index in [0.717, 1.165) is 0 Å². The van der Waals surface area contributed by atoms with Crippen molar-refractivity contribution in [3.63, 3.8) is 0 Å². The number of amides is 2. The molecule has 0 radical (unpaired) electrons. The molecule has 0 rings (SSSR count). The molecular weight excluding hydrogens is 220 g/mol. The SMILES string of the molecule is CC(CCO)NC(=O)CCNC(=O)C(C)(C)C. The molecule has 100 valence electrons. The maximum Gasteiger partial charge on any atom is 0.225 e. The first-order valence-electron chi connectivity index (χ1n) is 5.96. The van der Waals surface area contributed by atoms with Crippen molar-refractivity contribution in [2.45, 2.75) is 46.6 Å². The van der Waals surface area contributed by atoms with Crippen LogP contribution in [0.4, 0.5) is 0 Å². The molecule has 0 aromatic rings. The van der Waals surface area contributed by atoms with Crippen molar-refractivity contribution in [3.05, 3.63) is 0 Å². The Balaban J connectivity index is 3.76. The van der Waals surface area contributed by atoms with Crippen LogP contribution in [-0.2, 0) is 9.59 Å². The third-order valence-corrected chi connectivity index (χ3v) is 2.29. The van der Waals surface area contributed by atoms with E-state index in [9.17, 15) is 9.59 Å². The molecule has 0 saturated heterocycles. The van der Waals surface area contributed by atoms with Gasteiger partial charge in [0, 0.05) is 31.0 Å². The Labute approximate surface area is 103 Å². The van der Waals surface area contributed by atoms with Gasteiger partial charge in [0.2, 0.25) is 11.8 Å². The Morgan fingerprint density at radius 1 is 1.29 bits per heavy atom. The fourth-order valence-corrected chi connectivity index (χ4v) is 1.17. The zero-order valence-corrected chi connectivity index (χ0v) is 11.2. The molecule has 17 heavy (non-hydrogen) atoms. The molecule has 0 spiro atoms. The van der Waals surface area contributed by atoms with Gasteiger partial charge in [0.15, 0.2) is 0 Å². The lowest BCUT2D eigenvalue weighted by molar-refractivity contribution is -0.128. The molecule has 1 atom stereocenters. The molecule has 5 nitrogen and oxygen atoms in total. The van der Waals surface area contributed by atoms with E-state index in [-0.39, 0.29) is 30.9 Å². The lowest BCUT2D eigenvalue weighted by atomic mass is 9.96. The molecule has 0 aliphatic carbocycles. The van der Waals surface area contributed by atoms with Gasteiger partial charge in [-0.05, 0) is 13.3 Å². The van der Waals surface area contributed by atoms with Gasteiger partial charge in [-0.2, -0.15) is 0 Å². The summed E-state index contributed by atoms with van der Waals surface area (Å²) in [4.78, 5) is 22.9. The molecule has 0 aromatic heterocycles. The number of nitrogens with one attached hydrogen (secondary N) is 2. The van der Waals surface area contributed by atoms with Crippen LogP contribution in [0.2, 0.25) is 0 Å². The van der Waals surface area contributed by atoms with Crippen molar-refractivity contribution in [2.24, 2.45) is 5.41 Å². The quantitative estimate of drug-likeness (QED) is 0.634. The van der Waals surface area contributed by atoms with E-state index in [1.54, 1.807) is 0 Å². The first kappa shape index (κ1) is 15.9. The summed E-state index contributed by atoms with van der Waals surface area (Å²) in [6.45, 7) is 7.71. The summed E-state index contributed by atoms with van der Waals surface area (Å²) in [6, 6.07) is -0.0363. The van der Waals surface area contributed by atoms with Gasteiger partial charge < -0.3 is 15.7 Å². The van der Waals surface area contributed by atoms with Gasteiger partial charge in [-0.1, -0.05) is 20.8 Å². The summed E-state index contributed by atoms with van der Waals surface area (Å²) in [5, 5.41) is 14.1. The molecule has 3 N–H and O–H groups in total. The Morgan fingerprint density at radius 3 is 2.35 bits per heavy atom. The van der Waals surface area contributed by atoms with Crippen molar-refractivity contribution in [2.75, 3.05) is 13.2 Å². The van der Waals surface area contributed by atoms with Crippen LogP contribution >= 0.6 is 0 Å². The maximum absolute atomic E-state index is 11.5. The van der Waals surface area contributed by atoms with Gasteiger partial charge in [-0.25, -0.2) is 0 Å². The number of aliphatic hydroxyl groups is 1. The standard InChI is InChI=1S/C12H24N2O3/c1-9(6-8-15)14-10(16)5-7-13-11(17)12(2,3)4/h9,15H,5-8H2,1-4H3,(H,13,17)(H,14,16). The highest BCUT2D eigenvalue weighted by Crippen LogP contribution is 2.11. The Morgan fingerprint density at radius 2 is 1.88 bits per heavy atom. The fraction of sp³-hybridized carbons (Fsp3) is 0.833. The Hall–Kier alpha value is -1.10. The van der Waals surface area contributed by atoms with E-state index in [1.165, 1.54) is 0 Å². The normalized spacial score (nSPS) is 13.0. The Kier molecular flexibility index (Phi) is 6.80. The minimum atomic E-state index is -0.430. The van der Waals surface area contributed by atoms with Gasteiger partial charge in [-0.15, -0.1) is 0 Å². The van der Waals surface area contributed by atoms with Crippen LogP contribution in [0.3, 0.4) is 0 Å². The molecule has 0 bridgehead atoms. The highest BCUT2D eigenvalue weighted by molar-refractivity contribution is 5.82. The molecule has 0 aromatic carbocycles. The lowest BCUT2D eigenvalue weighted by Gasteiger charge is -2.18. The zero-order valence-electron chi connectivity index (χ0n) is 11.2. The van der Waals surface area contributed by atoms with Gasteiger partial charge in [0.25, 0.3) is 0 Å². The van der Waals surface area contributed by atoms with E-state index < -0.39 is 5.41 Å². The second-order valence-electron chi connectivity index (χ2n) is 5.24. The van der Waals surface area contributed by atoms with Gasteiger partial charge in [0.05, 0.1) is 0 Å². The zero-order chi connectivity index (χ0) is 13.5. The Bertz CT molecular complexity index is 259. The fourth-order valence-electron chi connectivity index (χ4n) is 1.17. The molecule has 0 heterocycles. The summed E-state index contributed by atoms with van der Waals surface area (Å²) >= 11 is 0. The minimum Gasteiger partial charge on any atom is -0.396 e. The lowest BCUT2D eigenvalue weighted by Crippen LogP contribution is -2.39.